The van der Waals surface area contributed by atoms with Crippen LogP contribution >= 0.6 is 0 Å². The Morgan fingerprint density at radius 2 is 2.46 bits per heavy atom. The van der Waals surface area contributed by atoms with E-state index in [1.165, 1.54) is 0 Å². The molecule has 1 heterocycles. The molecule has 2 nitrogen and oxygen atoms in total. The molecule has 0 unspecified atom stereocenters. The molecular weight excluding hydrogens is 162 g/mol. The van der Waals surface area contributed by atoms with Crippen LogP contribution in [0.2, 0.25) is 0 Å². The molecule has 0 amide bonds. The zero-order chi connectivity index (χ0) is 9.68. The van der Waals surface area contributed by atoms with Gasteiger partial charge in [0.15, 0.2) is 0 Å². The molecule has 70 valence electrons. The minimum Gasteiger partial charge on any atom is -0.469 e. The minimum atomic E-state index is 0.419. The smallest absolute Gasteiger partial charge is 0.105 e. The van der Waals surface area contributed by atoms with Crippen molar-refractivity contribution in [2.45, 2.75) is 19.4 Å². The molecule has 1 atom stereocenters. The number of hydrogen-bond donors (Lipinski definition) is 0. The summed E-state index contributed by atoms with van der Waals surface area (Å²) in [5.41, 5.74) is 0. The van der Waals surface area contributed by atoms with Gasteiger partial charge in [-0.2, -0.15) is 0 Å². The molecule has 1 aromatic rings. The molecule has 0 saturated carbocycles. The fourth-order valence-electron chi connectivity index (χ4n) is 1.18. The monoisotopic (exact) mass is 177 g/mol. The highest BCUT2D eigenvalue weighted by molar-refractivity contribution is 5.00. The van der Waals surface area contributed by atoms with Crippen molar-refractivity contribution >= 4 is 0 Å². The molecule has 0 aliphatic carbocycles. The van der Waals surface area contributed by atoms with Gasteiger partial charge in [-0.15, -0.1) is 6.42 Å². The van der Waals surface area contributed by atoms with Crippen LogP contribution in [-0.2, 0) is 6.42 Å². The molecule has 0 aliphatic heterocycles. The minimum absolute atomic E-state index is 0.419. The van der Waals surface area contributed by atoms with Gasteiger partial charge in [0.25, 0.3) is 0 Å². The van der Waals surface area contributed by atoms with Crippen LogP contribution in [-0.4, -0.2) is 24.5 Å². The van der Waals surface area contributed by atoms with Crippen molar-refractivity contribution in [3.05, 3.63) is 24.2 Å². The third kappa shape index (κ3) is 2.96. The molecule has 1 rings (SSSR count). The molecule has 2 heteroatoms. The topological polar surface area (TPSA) is 16.4 Å². The zero-order valence-corrected chi connectivity index (χ0v) is 8.16. The summed E-state index contributed by atoms with van der Waals surface area (Å²) in [4.78, 5) is 2.13. The van der Waals surface area contributed by atoms with Gasteiger partial charge in [-0.05, 0) is 26.1 Å². The van der Waals surface area contributed by atoms with E-state index in [0.717, 1.165) is 12.2 Å². The van der Waals surface area contributed by atoms with E-state index < -0.39 is 0 Å². The zero-order valence-electron chi connectivity index (χ0n) is 8.16. The van der Waals surface area contributed by atoms with Gasteiger partial charge >= 0.3 is 0 Å². The number of furan rings is 1. The fraction of sp³-hybridized carbons (Fsp3) is 0.455. The maximum absolute atomic E-state index is 5.25. The summed E-state index contributed by atoms with van der Waals surface area (Å²) in [7, 11) is 2.02. The molecule has 13 heavy (non-hydrogen) atoms. The third-order valence-corrected chi connectivity index (χ3v) is 2.17. The molecule has 0 radical (unpaired) electrons. The van der Waals surface area contributed by atoms with Gasteiger partial charge in [0.05, 0.1) is 12.8 Å². The van der Waals surface area contributed by atoms with Crippen molar-refractivity contribution in [2.24, 2.45) is 0 Å². The Morgan fingerprint density at radius 3 is 3.00 bits per heavy atom. The summed E-state index contributed by atoms with van der Waals surface area (Å²) in [5, 5.41) is 0. The normalized spacial score (nSPS) is 12.8. The maximum Gasteiger partial charge on any atom is 0.105 e. The van der Waals surface area contributed by atoms with Gasteiger partial charge in [0.2, 0.25) is 0 Å². The number of likely N-dealkylation sites (N-methyl/N-ethyl adjacent to an activating group) is 1. The second kappa shape index (κ2) is 4.74. The van der Waals surface area contributed by atoms with Crippen molar-refractivity contribution in [1.82, 2.24) is 4.90 Å². The van der Waals surface area contributed by atoms with Crippen LogP contribution in [0.3, 0.4) is 0 Å². The molecule has 0 aliphatic rings. The third-order valence-electron chi connectivity index (χ3n) is 2.17. The highest BCUT2D eigenvalue weighted by atomic mass is 16.3. The molecule has 0 fully saturated rings. The Kier molecular flexibility index (Phi) is 3.60. The van der Waals surface area contributed by atoms with Crippen molar-refractivity contribution < 1.29 is 4.42 Å². The van der Waals surface area contributed by atoms with Crippen LogP contribution in [0.15, 0.2) is 22.8 Å². The first-order valence-electron chi connectivity index (χ1n) is 4.40. The van der Waals surface area contributed by atoms with Gasteiger partial charge in [0, 0.05) is 12.5 Å². The Bertz CT molecular complexity index is 271. The van der Waals surface area contributed by atoms with E-state index in [0.29, 0.717) is 12.6 Å². The van der Waals surface area contributed by atoms with E-state index in [9.17, 15) is 0 Å². The van der Waals surface area contributed by atoms with E-state index in [-0.39, 0.29) is 0 Å². The van der Waals surface area contributed by atoms with Gasteiger partial charge < -0.3 is 4.42 Å². The number of nitrogens with zero attached hydrogens (tertiary/aromatic N) is 1. The first kappa shape index (κ1) is 9.88. The van der Waals surface area contributed by atoms with E-state index in [4.69, 9.17) is 10.8 Å². The van der Waals surface area contributed by atoms with E-state index in [1.54, 1.807) is 6.26 Å². The SMILES string of the molecule is C#CCN(C)[C@H](C)Cc1ccco1. The lowest BCUT2D eigenvalue weighted by molar-refractivity contribution is 0.275. The van der Waals surface area contributed by atoms with Gasteiger partial charge in [0.1, 0.15) is 5.76 Å². The van der Waals surface area contributed by atoms with Crippen molar-refractivity contribution in [3.8, 4) is 12.3 Å². The predicted molar refractivity (Wildman–Crippen MR) is 53.3 cm³/mol. The summed E-state index contributed by atoms with van der Waals surface area (Å²) in [6.45, 7) is 2.82. The average molecular weight is 177 g/mol. The van der Waals surface area contributed by atoms with Gasteiger partial charge in [-0.25, -0.2) is 0 Å². The Labute approximate surface area is 79.5 Å². The lowest BCUT2D eigenvalue weighted by Crippen LogP contribution is -2.30. The van der Waals surface area contributed by atoms with Crippen LogP contribution in [0.25, 0.3) is 0 Å². The maximum atomic E-state index is 5.25. The van der Waals surface area contributed by atoms with Gasteiger partial charge in [-0.3, -0.25) is 4.90 Å². The Morgan fingerprint density at radius 1 is 1.69 bits per heavy atom. The molecule has 0 saturated heterocycles. The lowest BCUT2D eigenvalue weighted by Gasteiger charge is -2.21. The van der Waals surface area contributed by atoms with Crippen LogP contribution in [0.4, 0.5) is 0 Å². The van der Waals surface area contributed by atoms with Crippen molar-refractivity contribution in [1.29, 1.82) is 0 Å². The van der Waals surface area contributed by atoms with Crippen LogP contribution in [0, 0.1) is 12.3 Å². The molecule has 0 aromatic carbocycles. The summed E-state index contributed by atoms with van der Waals surface area (Å²) in [6, 6.07) is 4.31. The summed E-state index contributed by atoms with van der Waals surface area (Å²) in [6.07, 6.45) is 7.83. The lowest BCUT2D eigenvalue weighted by atomic mass is 10.2. The summed E-state index contributed by atoms with van der Waals surface area (Å²) >= 11 is 0. The summed E-state index contributed by atoms with van der Waals surface area (Å²) in [5.74, 6) is 3.63. The first-order chi connectivity index (χ1) is 6.24. The molecule has 0 spiro atoms. The second-order valence-electron chi connectivity index (χ2n) is 3.25. The van der Waals surface area contributed by atoms with Crippen molar-refractivity contribution in [3.63, 3.8) is 0 Å². The number of terminal acetylenes is 1. The van der Waals surface area contributed by atoms with E-state index >= 15 is 0 Å². The van der Waals surface area contributed by atoms with Crippen LogP contribution in [0.5, 0.6) is 0 Å². The second-order valence-corrected chi connectivity index (χ2v) is 3.25. The Hall–Kier alpha value is -1.20. The van der Waals surface area contributed by atoms with Crippen LogP contribution in [0.1, 0.15) is 12.7 Å². The average Bonchev–Trinajstić information content (AvgIpc) is 2.57. The molecule has 1 aromatic heterocycles. The molecular formula is C11H15NO. The molecule has 0 N–H and O–H groups in total. The van der Waals surface area contributed by atoms with Gasteiger partial charge in [-0.1, -0.05) is 5.92 Å². The summed E-state index contributed by atoms with van der Waals surface area (Å²) < 4.78 is 5.25. The van der Waals surface area contributed by atoms with Crippen LogP contribution < -0.4 is 0 Å². The predicted octanol–water partition coefficient (Wildman–Crippen LogP) is 1.78. The number of hydrogen-bond acceptors (Lipinski definition) is 2. The quantitative estimate of drug-likeness (QED) is 0.652. The highest BCUT2D eigenvalue weighted by Crippen LogP contribution is 2.07. The van der Waals surface area contributed by atoms with E-state index in [1.807, 2.05) is 19.2 Å². The van der Waals surface area contributed by atoms with Crippen molar-refractivity contribution in [2.75, 3.05) is 13.6 Å². The first-order valence-corrected chi connectivity index (χ1v) is 4.40. The number of rotatable bonds is 4. The fourth-order valence-corrected chi connectivity index (χ4v) is 1.18. The van der Waals surface area contributed by atoms with E-state index in [2.05, 4.69) is 17.7 Å². The highest BCUT2D eigenvalue weighted by Gasteiger charge is 2.09. The largest absolute Gasteiger partial charge is 0.469 e. The molecule has 0 bridgehead atoms. The Balaban J connectivity index is 2.42. The standard InChI is InChI=1S/C11H15NO/c1-4-7-12(3)10(2)9-11-6-5-8-13-11/h1,5-6,8,10H,7,9H2,2-3H3/t10-/m1/s1.